The van der Waals surface area contributed by atoms with E-state index in [1.54, 1.807) is 12.1 Å². The third kappa shape index (κ3) is 2.24. The van der Waals surface area contributed by atoms with E-state index in [1.807, 2.05) is 6.07 Å². The predicted octanol–water partition coefficient (Wildman–Crippen LogP) is 1.57. The molecule has 1 aromatic carbocycles. The number of hydrogen-bond donors (Lipinski definition) is 1. The number of sulfonamides is 1. The van der Waals surface area contributed by atoms with Crippen LogP contribution >= 0.6 is 11.9 Å². The summed E-state index contributed by atoms with van der Waals surface area (Å²) in [5.41, 5.74) is 1.05. The van der Waals surface area contributed by atoms with Gasteiger partial charge in [0.25, 0.3) is 0 Å². The van der Waals surface area contributed by atoms with Gasteiger partial charge in [0.05, 0.1) is 4.90 Å². The van der Waals surface area contributed by atoms with Crippen molar-refractivity contribution in [3.8, 4) is 0 Å². The second kappa shape index (κ2) is 4.37. The molecule has 1 aliphatic heterocycles. The number of hydrogen-bond acceptors (Lipinski definition) is 4. The van der Waals surface area contributed by atoms with Crippen LogP contribution in [-0.2, 0) is 16.6 Å². The molecule has 1 aromatic rings. The lowest BCUT2D eigenvalue weighted by atomic mass is 10.2. The molecule has 1 aliphatic rings. The number of nitrogens with zero attached hydrogens (tertiary/aromatic N) is 1. The minimum Gasteiger partial charge on any atom is -0.242 e. The van der Waals surface area contributed by atoms with Crippen molar-refractivity contribution in [2.24, 2.45) is 5.14 Å². The molecule has 0 bridgehead atoms. The average molecular weight is 258 g/mol. The Labute approximate surface area is 100 Å². The zero-order chi connectivity index (χ0) is 11.8. The Morgan fingerprint density at radius 3 is 2.88 bits per heavy atom. The quantitative estimate of drug-likeness (QED) is 0.836. The van der Waals surface area contributed by atoms with Crippen molar-refractivity contribution in [3.05, 3.63) is 23.8 Å². The van der Waals surface area contributed by atoms with E-state index in [0.29, 0.717) is 0 Å². The van der Waals surface area contributed by atoms with Crippen molar-refractivity contribution >= 4 is 22.0 Å². The monoisotopic (exact) mass is 258 g/mol. The molecule has 0 amide bonds. The molecule has 0 saturated carbocycles. The minimum absolute atomic E-state index is 0.244. The largest absolute Gasteiger partial charge is 0.242 e. The van der Waals surface area contributed by atoms with Gasteiger partial charge in [0, 0.05) is 18.0 Å². The molecule has 1 heterocycles. The fraction of sp³-hybridized carbons (Fsp3) is 0.400. The van der Waals surface area contributed by atoms with Crippen molar-refractivity contribution < 1.29 is 8.42 Å². The second-order valence-electron chi connectivity index (χ2n) is 3.74. The molecule has 2 N–H and O–H groups in total. The topological polar surface area (TPSA) is 63.4 Å². The fourth-order valence-corrected chi connectivity index (χ4v) is 4.00. The van der Waals surface area contributed by atoms with E-state index in [1.165, 1.54) is 11.9 Å². The SMILES string of the molecule is CCCN1Cc2cccc(S(N)(=O)=O)c2S1. The van der Waals surface area contributed by atoms with Crippen LogP contribution in [0, 0.1) is 0 Å². The van der Waals surface area contributed by atoms with Gasteiger partial charge in [0.1, 0.15) is 0 Å². The maximum atomic E-state index is 11.4. The van der Waals surface area contributed by atoms with E-state index in [0.717, 1.165) is 30.0 Å². The molecular weight excluding hydrogens is 244 g/mol. The standard InChI is InChI=1S/C10H14N2O2S2/c1-2-6-12-7-8-4-3-5-9(10(8)15-12)16(11,13)14/h3-5H,2,6-7H2,1H3,(H2,11,13,14). The maximum Gasteiger partial charge on any atom is 0.239 e. The van der Waals surface area contributed by atoms with Crippen molar-refractivity contribution in [1.82, 2.24) is 4.31 Å². The minimum atomic E-state index is -3.61. The molecule has 16 heavy (non-hydrogen) atoms. The first-order valence-corrected chi connectivity index (χ1v) is 7.42. The molecule has 2 rings (SSSR count). The molecule has 0 spiro atoms. The third-order valence-electron chi connectivity index (χ3n) is 2.41. The molecule has 0 aromatic heterocycles. The summed E-state index contributed by atoms with van der Waals surface area (Å²) in [6.07, 6.45) is 1.05. The summed E-state index contributed by atoms with van der Waals surface area (Å²) in [7, 11) is -3.61. The van der Waals surface area contributed by atoms with E-state index in [4.69, 9.17) is 5.14 Å². The van der Waals surface area contributed by atoms with Gasteiger partial charge in [-0.2, -0.15) is 0 Å². The van der Waals surface area contributed by atoms with Crippen LogP contribution in [0.15, 0.2) is 28.0 Å². The summed E-state index contributed by atoms with van der Waals surface area (Å²) in [5.74, 6) is 0. The molecule has 0 aliphatic carbocycles. The molecule has 4 nitrogen and oxygen atoms in total. The average Bonchev–Trinajstić information content (AvgIpc) is 2.58. The van der Waals surface area contributed by atoms with Gasteiger partial charge in [-0.25, -0.2) is 17.9 Å². The molecule has 0 saturated heterocycles. The molecular formula is C10H14N2O2S2. The normalized spacial score (nSPS) is 16.4. The number of benzene rings is 1. The second-order valence-corrected chi connectivity index (χ2v) is 6.38. The molecule has 0 fully saturated rings. The van der Waals surface area contributed by atoms with Gasteiger partial charge in [-0.3, -0.25) is 0 Å². The highest BCUT2D eigenvalue weighted by Gasteiger charge is 2.25. The Kier molecular flexibility index (Phi) is 3.25. The highest BCUT2D eigenvalue weighted by molar-refractivity contribution is 7.98. The van der Waals surface area contributed by atoms with Gasteiger partial charge in [-0.1, -0.05) is 19.1 Å². The number of primary sulfonamides is 1. The lowest BCUT2D eigenvalue weighted by Gasteiger charge is -2.10. The van der Waals surface area contributed by atoms with Crippen molar-refractivity contribution in [2.75, 3.05) is 6.54 Å². The lowest BCUT2D eigenvalue weighted by Crippen LogP contribution is -2.13. The third-order valence-corrected chi connectivity index (χ3v) is 4.72. The zero-order valence-corrected chi connectivity index (χ0v) is 10.6. The van der Waals surface area contributed by atoms with E-state index in [2.05, 4.69) is 11.2 Å². The van der Waals surface area contributed by atoms with Crippen molar-refractivity contribution in [1.29, 1.82) is 0 Å². The molecule has 88 valence electrons. The van der Waals surface area contributed by atoms with Gasteiger partial charge in [0.15, 0.2) is 0 Å². The summed E-state index contributed by atoms with van der Waals surface area (Å²) < 4.78 is 25.0. The first-order valence-electron chi connectivity index (χ1n) is 5.10. The van der Waals surface area contributed by atoms with Gasteiger partial charge in [0.2, 0.25) is 10.0 Å². The van der Waals surface area contributed by atoms with Crippen molar-refractivity contribution in [2.45, 2.75) is 29.7 Å². The van der Waals surface area contributed by atoms with Gasteiger partial charge in [-0.15, -0.1) is 0 Å². The van der Waals surface area contributed by atoms with Crippen LogP contribution in [0.2, 0.25) is 0 Å². The molecule has 6 heteroatoms. The van der Waals surface area contributed by atoms with E-state index in [-0.39, 0.29) is 4.90 Å². The van der Waals surface area contributed by atoms with Crippen LogP contribution in [0.3, 0.4) is 0 Å². The molecule has 0 radical (unpaired) electrons. The first kappa shape index (κ1) is 11.9. The highest BCUT2D eigenvalue weighted by Crippen LogP contribution is 2.39. The summed E-state index contributed by atoms with van der Waals surface area (Å²) in [6, 6.07) is 5.26. The smallest absolute Gasteiger partial charge is 0.239 e. The number of fused-ring (bicyclic) bond motifs is 1. The van der Waals surface area contributed by atoms with E-state index < -0.39 is 10.0 Å². The van der Waals surface area contributed by atoms with Gasteiger partial charge >= 0.3 is 0 Å². The van der Waals surface area contributed by atoms with Crippen LogP contribution in [0.5, 0.6) is 0 Å². The van der Waals surface area contributed by atoms with Crippen LogP contribution in [0.4, 0.5) is 0 Å². The Bertz CT molecular complexity index is 500. The Morgan fingerprint density at radius 1 is 1.50 bits per heavy atom. The van der Waals surface area contributed by atoms with Crippen LogP contribution in [0.1, 0.15) is 18.9 Å². The summed E-state index contributed by atoms with van der Waals surface area (Å²) >= 11 is 1.49. The highest BCUT2D eigenvalue weighted by atomic mass is 32.2. The number of nitrogens with two attached hydrogens (primary N) is 1. The summed E-state index contributed by atoms with van der Waals surface area (Å²) in [4.78, 5) is 1.03. The number of rotatable bonds is 3. The van der Waals surface area contributed by atoms with E-state index in [9.17, 15) is 8.42 Å². The Hall–Kier alpha value is -0.560. The summed E-state index contributed by atoms with van der Waals surface area (Å²) in [6.45, 7) is 3.84. The lowest BCUT2D eigenvalue weighted by molar-refractivity contribution is 0.477. The van der Waals surface area contributed by atoms with Crippen molar-refractivity contribution in [3.63, 3.8) is 0 Å². The fourth-order valence-electron chi connectivity index (χ4n) is 1.74. The predicted molar refractivity (Wildman–Crippen MR) is 64.4 cm³/mol. The van der Waals surface area contributed by atoms with Crippen LogP contribution in [0.25, 0.3) is 0 Å². The zero-order valence-electron chi connectivity index (χ0n) is 9.01. The van der Waals surface area contributed by atoms with Gasteiger partial charge in [-0.05, 0) is 30.0 Å². The summed E-state index contributed by atoms with van der Waals surface area (Å²) in [5, 5.41) is 5.19. The Balaban J connectivity index is 2.39. The Morgan fingerprint density at radius 2 is 2.25 bits per heavy atom. The van der Waals surface area contributed by atoms with Crippen LogP contribution < -0.4 is 5.14 Å². The van der Waals surface area contributed by atoms with E-state index >= 15 is 0 Å². The molecule has 0 unspecified atom stereocenters. The first-order chi connectivity index (χ1) is 7.52. The maximum absolute atomic E-state index is 11.4. The van der Waals surface area contributed by atoms with Gasteiger partial charge < -0.3 is 0 Å². The van der Waals surface area contributed by atoms with Crippen LogP contribution in [-0.4, -0.2) is 19.3 Å². The molecule has 0 atom stereocenters.